The lowest BCUT2D eigenvalue weighted by atomic mass is 9.93. The predicted molar refractivity (Wildman–Crippen MR) is 102 cm³/mol. The van der Waals surface area contributed by atoms with Crippen molar-refractivity contribution in [2.24, 2.45) is 11.8 Å². The van der Waals surface area contributed by atoms with E-state index in [9.17, 15) is 14.0 Å². The van der Waals surface area contributed by atoms with Crippen LogP contribution in [0.5, 0.6) is 0 Å². The van der Waals surface area contributed by atoms with Crippen molar-refractivity contribution in [2.75, 3.05) is 18.5 Å². The molecule has 7 heteroatoms. The van der Waals surface area contributed by atoms with Gasteiger partial charge in [-0.15, -0.1) is 0 Å². The number of carbonyl (C=O) groups excluding carboxylic acids is 2. The van der Waals surface area contributed by atoms with Gasteiger partial charge in [-0.1, -0.05) is 24.1 Å². The molecule has 1 aliphatic heterocycles. The molecule has 0 radical (unpaired) electrons. The Balaban J connectivity index is 1.89. The highest BCUT2D eigenvalue weighted by molar-refractivity contribution is 6.31. The first-order valence-corrected chi connectivity index (χ1v) is 9.69. The summed E-state index contributed by atoms with van der Waals surface area (Å²) in [5, 5.41) is -0.0405. The molecule has 1 aromatic carbocycles. The Morgan fingerprint density at radius 1 is 1.30 bits per heavy atom. The van der Waals surface area contributed by atoms with Crippen molar-refractivity contribution in [1.82, 2.24) is 4.90 Å². The van der Waals surface area contributed by atoms with Crippen molar-refractivity contribution in [3.05, 3.63) is 29.0 Å². The number of ether oxygens (including phenoxy) is 1. The lowest BCUT2D eigenvalue weighted by molar-refractivity contribution is -0.123. The largest absolute Gasteiger partial charge is 0.444 e. The zero-order chi connectivity index (χ0) is 19.9. The standard InChI is InChI=1S/C20H26ClFN2O3/c1-20(2,3)27-19(26)24-11-12-7-5-8-13(12)17(24)18(25)23(4)15-10-6-9-14(21)16(15)22/h6,9-10,12-13,17H,5,7-8,11H2,1-4H3/t12-,13-,17-/m0/s1. The third-order valence-corrected chi connectivity index (χ3v) is 5.69. The number of nitrogens with zero attached hydrogens (tertiary/aromatic N) is 2. The summed E-state index contributed by atoms with van der Waals surface area (Å²) in [6, 6.07) is 3.91. The molecule has 2 amide bonds. The van der Waals surface area contributed by atoms with Crippen molar-refractivity contribution in [2.45, 2.75) is 51.7 Å². The molecular weight excluding hydrogens is 371 g/mol. The normalized spacial score (nSPS) is 24.7. The summed E-state index contributed by atoms with van der Waals surface area (Å²) in [5.41, 5.74) is -0.536. The quantitative estimate of drug-likeness (QED) is 0.740. The van der Waals surface area contributed by atoms with Gasteiger partial charge in [-0.05, 0) is 57.6 Å². The van der Waals surface area contributed by atoms with E-state index in [0.29, 0.717) is 6.54 Å². The third-order valence-electron chi connectivity index (χ3n) is 5.39. The Hall–Kier alpha value is -1.82. The highest BCUT2D eigenvalue weighted by atomic mass is 35.5. The molecule has 1 aliphatic carbocycles. The maximum atomic E-state index is 14.4. The van der Waals surface area contributed by atoms with E-state index in [1.54, 1.807) is 26.8 Å². The summed E-state index contributed by atoms with van der Waals surface area (Å²) in [6.07, 6.45) is 2.42. The number of halogens is 2. The average Bonchev–Trinajstić information content (AvgIpc) is 3.15. The second-order valence-corrected chi connectivity index (χ2v) is 8.81. The highest BCUT2D eigenvalue weighted by Crippen LogP contribution is 2.43. The number of amides is 2. The number of rotatable bonds is 2. The molecule has 1 saturated heterocycles. The smallest absolute Gasteiger partial charge is 0.410 e. The van der Waals surface area contributed by atoms with Crippen molar-refractivity contribution >= 4 is 29.3 Å². The summed E-state index contributed by atoms with van der Waals surface area (Å²) in [7, 11) is 1.52. The minimum atomic E-state index is -0.645. The van der Waals surface area contributed by atoms with Gasteiger partial charge in [0, 0.05) is 13.6 Å². The van der Waals surface area contributed by atoms with Crippen LogP contribution in [0.3, 0.4) is 0 Å². The number of anilines is 1. The van der Waals surface area contributed by atoms with E-state index in [0.717, 1.165) is 19.3 Å². The maximum absolute atomic E-state index is 14.4. The molecule has 0 spiro atoms. The van der Waals surface area contributed by atoms with Gasteiger partial charge in [0.05, 0.1) is 10.7 Å². The van der Waals surface area contributed by atoms with Crippen molar-refractivity contribution < 1.29 is 18.7 Å². The zero-order valence-electron chi connectivity index (χ0n) is 16.2. The molecule has 0 N–H and O–H groups in total. The van der Waals surface area contributed by atoms with Crippen LogP contribution in [-0.4, -0.2) is 42.1 Å². The molecule has 1 heterocycles. The van der Waals surface area contributed by atoms with Crippen LogP contribution < -0.4 is 4.90 Å². The average molecular weight is 397 g/mol. The van der Waals surface area contributed by atoms with Gasteiger partial charge in [-0.3, -0.25) is 9.69 Å². The van der Waals surface area contributed by atoms with Crippen molar-refractivity contribution in [3.8, 4) is 0 Å². The first-order chi connectivity index (χ1) is 12.6. The fourth-order valence-corrected chi connectivity index (χ4v) is 4.37. The summed E-state index contributed by atoms with van der Waals surface area (Å²) in [5.74, 6) is -0.588. The van der Waals surface area contributed by atoms with E-state index in [2.05, 4.69) is 0 Å². The van der Waals surface area contributed by atoms with E-state index in [1.165, 1.54) is 29.0 Å². The van der Waals surface area contributed by atoms with Crippen LogP contribution >= 0.6 is 11.6 Å². The van der Waals surface area contributed by atoms with Gasteiger partial charge < -0.3 is 9.64 Å². The lowest BCUT2D eigenvalue weighted by Crippen LogP contribution is -2.50. The molecule has 5 nitrogen and oxygen atoms in total. The van der Waals surface area contributed by atoms with Gasteiger partial charge in [0.15, 0.2) is 5.82 Å². The van der Waals surface area contributed by atoms with E-state index in [1.807, 2.05) is 0 Å². The summed E-state index contributed by atoms with van der Waals surface area (Å²) in [6.45, 7) is 5.89. The molecule has 2 fully saturated rings. The summed E-state index contributed by atoms with van der Waals surface area (Å²) >= 11 is 5.87. The van der Waals surface area contributed by atoms with E-state index in [4.69, 9.17) is 16.3 Å². The molecule has 2 aliphatic rings. The molecule has 0 aromatic heterocycles. The minimum Gasteiger partial charge on any atom is -0.444 e. The first kappa shape index (κ1) is 19.9. The fourth-order valence-electron chi connectivity index (χ4n) is 4.20. The highest BCUT2D eigenvalue weighted by Gasteiger charge is 2.51. The molecule has 148 valence electrons. The topological polar surface area (TPSA) is 49.9 Å². The van der Waals surface area contributed by atoms with E-state index >= 15 is 0 Å². The number of carbonyl (C=O) groups is 2. The second kappa shape index (κ2) is 7.30. The zero-order valence-corrected chi connectivity index (χ0v) is 16.9. The molecule has 1 aromatic rings. The number of fused-ring (bicyclic) bond motifs is 1. The van der Waals surface area contributed by atoms with Crippen LogP contribution in [0.4, 0.5) is 14.9 Å². The van der Waals surface area contributed by atoms with E-state index in [-0.39, 0.29) is 28.5 Å². The van der Waals surface area contributed by atoms with Crippen molar-refractivity contribution in [1.29, 1.82) is 0 Å². The van der Waals surface area contributed by atoms with Gasteiger partial charge in [-0.25, -0.2) is 9.18 Å². The molecule has 0 unspecified atom stereocenters. The third kappa shape index (κ3) is 3.91. The monoisotopic (exact) mass is 396 g/mol. The molecule has 3 atom stereocenters. The predicted octanol–water partition coefficient (Wildman–Crippen LogP) is 4.48. The first-order valence-electron chi connectivity index (χ1n) is 9.31. The van der Waals surface area contributed by atoms with Crippen LogP contribution in [0.1, 0.15) is 40.0 Å². The number of likely N-dealkylation sites (tertiary alicyclic amines) is 1. The van der Waals surface area contributed by atoms with Crippen molar-refractivity contribution in [3.63, 3.8) is 0 Å². The van der Waals surface area contributed by atoms with E-state index < -0.39 is 23.6 Å². The summed E-state index contributed by atoms with van der Waals surface area (Å²) < 4.78 is 19.9. The molecule has 0 bridgehead atoms. The molecule has 1 saturated carbocycles. The molecular formula is C20H26ClFN2O3. The minimum absolute atomic E-state index is 0.0405. The Labute approximate surface area is 164 Å². The Morgan fingerprint density at radius 3 is 2.67 bits per heavy atom. The van der Waals surface area contributed by atoms with Gasteiger partial charge >= 0.3 is 6.09 Å². The van der Waals surface area contributed by atoms with Crippen LogP contribution in [0.15, 0.2) is 18.2 Å². The van der Waals surface area contributed by atoms with Crippen LogP contribution in [-0.2, 0) is 9.53 Å². The number of benzene rings is 1. The van der Waals surface area contributed by atoms with Gasteiger partial charge in [-0.2, -0.15) is 0 Å². The Morgan fingerprint density at radius 2 is 2.00 bits per heavy atom. The number of hydrogen-bond acceptors (Lipinski definition) is 3. The number of hydrogen-bond donors (Lipinski definition) is 0. The maximum Gasteiger partial charge on any atom is 0.410 e. The molecule has 27 heavy (non-hydrogen) atoms. The number of likely N-dealkylation sites (N-methyl/N-ethyl adjacent to an activating group) is 1. The van der Waals surface area contributed by atoms with Gasteiger partial charge in [0.25, 0.3) is 0 Å². The Kier molecular flexibility index (Phi) is 5.39. The van der Waals surface area contributed by atoms with Crippen LogP contribution in [0, 0.1) is 17.7 Å². The SMILES string of the molecule is CN(C(=O)[C@@H]1[C@H]2CCC[C@H]2CN1C(=O)OC(C)(C)C)c1cccc(Cl)c1F. The second-order valence-electron chi connectivity index (χ2n) is 8.40. The summed E-state index contributed by atoms with van der Waals surface area (Å²) in [4.78, 5) is 28.8. The van der Waals surface area contributed by atoms with Gasteiger partial charge in [0.1, 0.15) is 11.6 Å². The molecule has 3 rings (SSSR count). The van der Waals surface area contributed by atoms with Gasteiger partial charge in [0.2, 0.25) is 5.91 Å². The van der Waals surface area contributed by atoms with Crippen LogP contribution in [0.2, 0.25) is 5.02 Å². The Bertz CT molecular complexity index is 749. The fraction of sp³-hybridized carbons (Fsp3) is 0.600. The van der Waals surface area contributed by atoms with Crippen LogP contribution in [0.25, 0.3) is 0 Å². The lowest BCUT2D eigenvalue weighted by Gasteiger charge is -2.32.